The number of aryl methyl sites for hydroxylation is 8. The van der Waals surface area contributed by atoms with E-state index in [1.54, 1.807) is 6.33 Å². The zero-order chi connectivity index (χ0) is 98.8. The van der Waals surface area contributed by atoms with Crippen LogP contribution in [0.4, 0.5) is 0 Å². The topological polar surface area (TPSA) is 77.3 Å². The van der Waals surface area contributed by atoms with Crippen molar-refractivity contribution < 1.29 is 40.2 Å². The number of hydrogen-bond donors (Lipinski definition) is 0. The molecule has 5 heterocycles. The maximum absolute atomic E-state index is 5.00. The summed E-state index contributed by atoms with van der Waals surface area (Å²) in [5, 5.41) is 0. The number of nitrogens with zero attached hydrogens (tertiary/aromatic N) is 6. The van der Waals surface area contributed by atoms with Crippen molar-refractivity contribution in [2.75, 3.05) is 0 Å². The second-order valence-corrected chi connectivity index (χ2v) is 38.1. The molecule has 0 aliphatic rings. The molecule has 0 aliphatic carbocycles. The SMILES string of the molecule is Cc1cccc(-c2cnc(-c3[c-]cc(-c4ccccc4-c4cc(-c5ccccc5-c5c[c-]c(-c6cc(-c7[c-]cc(-c8ccccc8-c8cc(-c9ccccc9-c9c[c-]c(-c%10cc(C)c(-c%11cccc(C)c%11)cn%10)cc9)cc(-c9ccccc9-c9c[c-]c(-c%10cc(C)c(-c%11cccc(C)c%11)cn%10)cc9)c8)cc7)ncn6)cc5)cc(-c5ccccc5-c5c[c-]c(-c6cc(C)c(-c7cccc(C)c7)cn6)cc5)c4)cc3)cc2C)c1.[Ir+3].[Ir+3]. The molecule has 0 N–H and O–H groups in total. The molecule has 0 atom stereocenters. The molecule has 0 spiro atoms. The van der Waals surface area contributed by atoms with Gasteiger partial charge >= 0.3 is 40.2 Å². The second kappa shape index (κ2) is 42.7. The fraction of sp³-hybridized carbons (Fsp3) is 0.0571. The predicted molar refractivity (Wildman–Crippen MR) is 604 cm³/mol. The van der Waals surface area contributed by atoms with Gasteiger partial charge in [0.1, 0.15) is 0 Å². The number of pyridine rings is 4. The summed E-state index contributed by atoms with van der Waals surface area (Å²) in [5.74, 6) is 0. The first-order valence-electron chi connectivity index (χ1n) is 49.6. The molecule has 18 aromatic carbocycles. The molecule has 23 rings (SSSR count). The molecule has 0 saturated carbocycles. The molecule has 0 unspecified atom stereocenters. The second-order valence-electron chi connectivity index (χ2n) is 38.1. The third kappa shape index (κ3) is 20.2. The van der Waals surface area contributed by atoms with E-state index in [9.17, 15) is 0 Å². The summed E-state index contributed by atoms with van der Waals surface area (Å²) in [7, 11) is 0. The minimum atomic E-state index is 0. The molecule has 5 aromatic heterocycles. The van der Waals surface area contributed by atoms with Crippen LogP contribution in [0.5, 0.6) is 0 Å². The monoisotopic (exact) mass is 2250 g/mol. The molecule has 0 amide bonds. The van der Waals surface area contributed by atoms with E-state index in [0.717, 1.165) is 268 Å². The van der Waals surface area contributed by atoms with Crippen LogP contribution in [0.3, 0.4) is 0 Å². The number of aromatic nitrogens is 6. The van der Waals surface area contributed by atoms with Crippen LogP contribution < -0.4 is 0 Å². The fourth-order valence-electron chi connectivity index (χ4n) is 20.5. The average molecular weight is 2250 g/mol. The van der Waals surface area contributed by atoms with Gasteiger partial charge in [0, 0.05) is 47.0 Å². The zero-order valence-corrected chi connectivity index (χ0v) is 87.9. The molecule has 0 bridgehead atoms. The van der Waals surface area contributed by atoms with Crippen molar-refractivity contribution in [3.8, 4) is 246 Å². The van der Waals surface area contributed by atoms with Crippen LogP contribution in [0.15, 0.2) is 450 Å². The summed E-state index contributed by atoms with van der Waals surface area (Å²) >= 11 is 0. The molecule has 706 valence electrons. The molecule has 0 saturated heterocycles. The molecular weight excluding hydrogens is 2150 g/mol. The number of benzene rings is 18. The Labute approximate surface area is 894 Å². The molecule has 0 fully saturated rings. The minimum absolute atomic E-state index is 0. The van der Waals surface area contributed by atoms with Gasteiger partial charge in [0.2, 0.25) is 0 Å². The Hall–Kier alpha value is -17.1. The Morgan fingerprint density at radius 2 is 0.318 bits per heavy atom. The summed E-state index contributed by atoms with van der Waals surface area (Å²) in [5.41, 5.74) is 54.7. The van der Waals surface area contributed by atoms with Gasteiger partial charge in [-0.2, -0.15) is 0 Å². The average Bonchev–Trinajstić information content (AvgIpc) is 0.766. The van der Waals surface area contributed by atoms with Crippen molar-refractivity contribution >= 4 is 0 Å². The van der Waals surface area contributed by atoms with E-state index in [1.807, 2.05) is 30.9 Å². The van der Waals surface area contributed by atoms with Crippen LogP contribution >= 0.6 is 0 Å². The normalized spacial score (nSPS) is 11.1. The zero-order valence-electron chi connectivity index (χ0n) is 83.1. The molecule has 23 aromatic rings. The van der Waals surface area contributed by atoms with E-state index < -0.39 is 0 Å². The van der Waals surface area contributed by atoms with Crippen LogP contribution in [0.2, 0.25) is 0 Å². The van der Waals surface area contributed by atoms with Gasteiger partial charge in [-0.05, 0) is 237 Å². The van der Waals surface area contributed by atoms with Crippen molar-refractivity contribution in [3.63, 3.8) is 0 Å². The van der Waals surface area contributed by atoms with E-state index in [2.05, 4.69) is 504 Å². The Morgan fingerprint density at radius 1 is 0.142 bits per heavy atom. The van der Waals surface area contributed by atoms with Gasteiger partial charge in [0.15, 0.2) is 0 Å². The third-order valence-corrected chi connectivity index (χ3v) is 28.1. The van der Waals surface area contributed by atoms with Gasteiger partial charge in [-0.3, -0.25) is 9.97 Å². The summed E-state index contributed by atoms with van der Waals surface area (Å²) in [4.78, 5) is 29.8. The van der Waals surface area contributed by atoms with Gasteiger partial charge in [0.25, 0.3) is 0 Å². The van der Waals surface area contributed by atoms with Crippen molar-refractivity contribution in [2.24, 2.45) is 0 Å². The molecule has 8 heteroatoms. The van der Waals surface area contributed by atoms with E-state index in [1.165, 1.54) is 22.3 Å². The van der Waals surface area contributed by atoms with Crippen LogP contribution in [-0.2, 0) is 40.2 Å². The summed E-state index contributed by atoms with van der Waals surface area (Å²) in [6, 6.07) is 172. The molecule has 0 aliphatic heterocycles. The molecule has 6 nitrogen and oxygen atoms in total. The summed E-state index contributed by atoms with van der Waals surface area (Å²) in [6.07, 6.45) is 9.62. The van der Waals surface area contributed by atoms with Crippen molar-refractivity contribution in [3.05, 3.63) is 531 Å². The minimum Gasteiger partial charge on any atom is -0.304 e. The summed E-state index contributed by atoms with van der Waals surface area (Å²) in [6.45, 7) is 17.2. The van der Waals surface area contributed by atoms with Gasteiger partial charge < -0.3 is 19.9 Å². The molecule has 148 heavy (non-hydrogen) atoms. The Balaban J connectivity index is 0.00000641. The van der Waals surface area contributed by atoms with E-state index in [0.29, 0.717) is 0 Å². The van der Waals surface area contributed by atoms with Crippen LogP contribution in [0, 0.1) is 91.8 Å². The first-order valence-corrected chi connectivity index (χ1v) is 49.6. The Bertz CT molecular complexity index is 8000. The Morgan fingerprint density at radius 3 is 0.480 bits per heavy atom. The van der Waals surface area contributed by atoms with E-state index in [4.69, 9.17) is 29.9 Å². The predicted octanol–water partition coefficient (Wildman–Crippen LogP) is 36.0. The largest absolute Gasteiger partial charge is 3.00 e. The summed E-state index contributed by atoms with van der Waals surface area (Å²) < 4.78 is 0. The number of hydrogen-bond acceptors (Lipinski definition) is 6. The van der Waals surface area contributed by atoms with Gasteiger partial charge in [-0.15, -0.1) is 179 Å². The van der Waals surface area contributed by atoms with Gasteiger partial charge in [0.05, 0.1) is 6.33 Å². The van der Waals surface area contributed by atoms with Crippen LogP contribution in [0.25, 0.3) is 246 Å². The van der Waals surface area contributed by atoms with Crippen LogP contribution in [0.1, 0.15) is 44.5 Å². The van der Waals surface area contributed by atoms with Crippen molar-refractivity contribution in [2.45, 2.75) is 55.4 Å². The third-order valence-electron chi connectivity index (χ3n) is 28.1. The quantitative estimate of drug-likeness (QED) is 0.0629. The van der Waals surface area contributed by atoms with E-state index in [-0.39, 0.29) is 40.2 Å². The van der Waals surface area contributed by atoms with E-state index >= 15 is 0 Å². The smallest absolute Gasteiger partial charge is 0.304 e. The molecular formula is C140H98Ir2N6. The maximum atomic E-state index is 5.00. The standard InChI is InChI=1S/C140H98N6.2Ir/c1-89-25-21-29-109(69-89)131-84-141-135(73-93(131)5)103-57-45-97(46-58-103)119-33-9-15-39-125(119)113-77-114(126-40-16-10-34-120(126)98-47-59-104(60-48-98)136-74-94(6)132(85-142-136)110-30-22-26-90(2)70-110)80-117(79-113)129-43-19-13-37-123(129)101-53-65-107(66-54-101)139-83-140(146-88-145-139)108-67-55-102(56-68-108)124-38-14-20-44-130(124)118-81-115(127-41-17-11-35-121(127)99-49-61-105(62-50-99)137-75-95(7)133(86-143-137)111-31-23-27-91(3)71-111)78-116(82-118)128-42-18-12-36-122(128)100-51-63-106(64-52-100)138-76-96(8)134(87-144-138)112-32-24-28-92(4)72-112;;/h9-57,59,61,63,65,67,69-88H,1-8H3;;/q-6;2*+3. The van der Waals surface area contributed by atoms with Gasteiger partial charge in [-0.25, -0.2) is 0 Å². The van der Waals surface area contributed by atoms with Crippen molar-refractivity contribution in [1.29, 1.82) is 0 Å². The maximum Gasteiger partial charge on any atom is 3.00 e. The van der Waals surface area contributed by atoms with Crippen LogP contribution in [-0.4, -0.2) is 29.9 Å². The first kappa shape index (κ1) is 97.0. The van der Waals surface area contributed by atoms with Gasteiger partial charge in [-0.1, -0.05) is 362 Å². The van der Waals surface area contributed by atoms with Crippen molar-refractivity contribution in [1.82, 2.24) is 29.9 Å². The number of rotatable bonds is 22. The first-order chi connectivity index (χ1) is 71.6. The fourth-order valence-corrected chi connectivity index (χ4v) is 20.5. The Kier molecular flexibility index (Phi) is 28.0. The molecule has 0 radical (unpaired) electrons.